The number of carbonyl (C=O) groups excluding carboxylic acids is 3. The van der Waals surface area contributed by atoms with Crippen LogP contribution in [0.1, 0.15) is 32.3 Å². The highest BCUT2D eigenvalue weighted by molar-refractivity contribution is 5.94. The molecule has 0 saturated heterocycles. The molecule has 0 unspecified atom stereocenters. The van der Waals surface area contributed by atoms with Gasteiger partial charge in [-0.1, -0.05) is 12.1 Å². The van der Waals surface area contributed by atoms with Crippen molar-refractivity contribution in [1.29, 1.82) is 0 Å². The summed E-state index contributed by atoms with van der Waals surface area (Å²) in [6, 6.07) is 4.15. The lowest BCUT2D eigenvalue weighted by molar-refractivity contribution is -0.384. The van der Waals surface area contributed by atoms with Gasteiger partial charge in [0.25, 0.3) is 5.69 Å². The highest BCUT2D eigenvalue weighted by atomic mass is 16.6. The zero-order chi connectivity index (χ0) is 17.6. The molecule has 0 aliphatic heterocycles. The number of benzene rings is 1. The first-order valence-electron chi connectivity index (χ1n) is 6.96. The van der Waals surface area contributed by atoms with Gasteiger partial charge in [-0.05, 0) is 19.4 Å². The van der Waals surface area contributed by atoms with E-state index in [-0.39, 0.29) is 17.9 Å². The third-order valence-electron chi connectivity index (χ3n) is 3.11. The van der Waals surface area contributed by atoms with Gasteiger partial charge in [0, 0.05) is 19.1 Å². The summed E-state index contributed by atoms with van der Waals surface area (Å²) in [7, 11) is 0. The Morgan fingerprint density at radius 2 is 1.96 bits per heavy atom. The van der Waals surface area contributed by atoms with Crippen molar-refractivity contribution in [3.63, 3.8) is 0 Å². The first-order chi connectivity index (χ1) is 10.8. The van der Waals surface area contributed by atoms with Gasteiger partial charge in [0.05, 0.1) is 17.4 Å². The molecule has 124 valence electrons. The number of rotatable bonds is 7. The number of nitro groups is 1. The summed E-state index contributed by atoms with van der Waals surface area (Å²) in [4.78, 5) is 45.8. The number of hydrogen-bond acceptors (Lipinski definition) is 6. The molecule has 1 aromatic rings. The predicted molar refractivity (Wildman–Crippen MR) is 80.8 cm³/mol. The second-order valence-electron chi connectivity index (χ2n) is 4.87. The minimum absolute atomic E-state index is 0.0779. The van der Waals surface area contributed by atoms with Crippen LogP contribution in [-0.2, 0) is 19.1 Å². The molecular formula is C15H18N2O6. The maximum absolute atomic E-state index is 12.1. The quantitative estimate of drug-likeness (QED) is 0.460. The average Bonchev–Trinajstić information content (AvgIpc) is 2.46. The van der Waals surface area contributed by atoms with Gasteiger partial charge < -0.3 is 10.1 Å². The van der Waals surface area contributed by atoms with Gasteiger partial charge in [-0.15, -0.1) is 0 Å². The lowest BCUT2D eigenvalue weighted by Crippen LogP contribution is -2.47. The van der Waals surface area contributed by atoms with Crippen molar-refractivity contribution < 1.29 is 24.0 Å². The molecule has 1 N–H and O–H groups in total. The number of nitrogens with one attached hydrogen (secondary N) is 1. The minimum Gasteiger partial charge on any atom is -0.464 e. The summed E-state index contributed by atoms with van der Waals surface area (Å²) in [5, 5.41) is 13.3. The van der Waals surface area contributed by atoms with Crippen molar-refractivity contribution in [2.75, 3.05) is 6.61 Å². The monoisotopic (exact) mass is 322 g/mol. The highest BCUT2D eigenvalue weighted by Gasteiger charge is 2.35. The van der Waals surface area contributed by atoms with Crippen LogP contribution in [0.3, 0.4) is 0 Å². The molecule has 8 heteroatoms. The van der Waals surface area contributed by atoms with E-state index in [9.17, 15) is 24.5 Å². The van der Waals surface area contributed by atoms with Crippen molar-refractivity contribution in [2.24, 2.45) is 0 Å². The fraction of sp³-hybridized carbons (Fsp3) is 0.400. The number of ketones is 1. The van der Waals surface area contributed by atoms with Crippen LogP contribution in [0.15, 0.2) is 24.3 Å². The molecule has 0 fully saturated rings. The van der Waals surface area contributed by atoms with Crippen molar-refractivity contribution >= 4 is 23.3 Å². The highest BCUT2D eigenvalue weighted by Crippen LogP contribution is 2.25. The predicted octanol–water partition coefficient (Wildman–Crippen LogP) is 1.34. The van der Waals surface area contributed by atoms with Crippen LogP contribution in [0, 0.1) is 10.1 Å². The number of hydrogen-bond donors (Lipinski definition) is 1. The van der Waals surface area contributed by atoms with Crippen molar-refractivity contribution in [2.45, 2.75) is 32.7 Å². The first-order valence-corrected chi connectivity index (χ1v) is 6.96. The van der Waals surface area contributed by atoms with Gasteiger partial charge in [0.2, 0.25) is 5.91 Å². The van der Waals surface area contributed by atoms with Crippen molar-refractivity contribution in [3.8, 4) is 0 Å². The number of non-ortho nitro benzene ring substituents is 1. The Labute approximate surface area is 133 Å². The molecule has 1 amide bonds. The van der Waals surface area contributed by atoms with E-state index in [0.29, 0.717) is 0 Å². The van der Waals surface area contributed by atoms with E-state index >= 15 is 0 Å². The van der Waals surface area contributed by atoms with E-state index in [2.05, 4.69) is 5.32 Å². The van der Waals surface area contributed by atoms with Crippen LogP contribution in [0.5, 0.6) is 0 Å². The van der Waals surface area contributed by atoms with E-state index in [4.69, 9.17) is 4.74 Å². The van der Waals surface area contributed by atoms with Gasteiger partial charge in [-0.25, -0.2) is 4.79 Å². The number of ether oxygens (including phenoxy) is 1. The summed E-state index contributed by atoms with van der Waals surface area (Å²) in [5.74, 6) is -2.77. The lowest BCUT2D eigenvalue weighted by Gasteiger charge is -2.24. The van der Waals surface area contributed by atoms with Crippen LogP contribution in [0.4, 0.5) is 5.69 Å². The third-order valence-corrected chi connectivity index (χ3v) is 3.11. The molecule has 0 radical (unpaired) electrons. The number of amides is 1. The van der Waals surface area contributed by atoms with Gasteiger partial charge in [0.15, 0.2) is 0 Å². The number of esters is 1. The van der Waals surface area contributed by atoms with E-state index in [1.165, 1.54) is 38.1 Å². The molecule has 2 atom stereocenters. The Morgan fingerprint density at radius 3 is 2.43 bits per heavy atom. The Morgan fingerprint density at radius 1 is 1.30 bits per heavy atom. The standard InChI is InChI=1S/C15H18N2O6/c1-4-23-15(20)14(16-10(3)19)13(9(2)18)11-6-5-7-12(8-11)17(21)22/h5-8,13-14H,4H2,1-3H3,(H,16,19)/t13-,14+/m0/s1. The molecule has 0 heterocycles. The molecule has 23 heavy (non-hydrogen) atoms. The van der Waals surface area contributed by atoms with E-state index < -0.39 is 34.5 Å². The van der Waals surface area contributed by atoms with Crippen molar-refractivity contribution in [1.82, 2.24) is 5.32 Å². The van der Waals surface area contributed by atoms with Crippen LogP contribution in [0.25, 0.3) is 0 Å². The number of nitrogens with zero attached hydrogens (tertiary/aromatic N) is 1. The summed E-state index contributed by atoms with van der Waals surface area (Å²) in [6.45, 7) is 4.13. The maximum Gasteiger partial charge on any atom is 0.329 e. The fourth-order valence-electron chi connectivity index (χ4n) is 2.22. The molecule has 0 aliphatic carbocycles. The zero-order valence-corrected chi connectivity index (χ0v) is 13.1. The van der Waals surface area contributed by atoms with Crippen LogP contribution in [-0.4, -0.2) is 35.2 Å². The molecule has 0 aromatic heterocycles. The summed E-state index contributed by atoms with van der Waals surface area (Å²) < 4.78 is 4.90. The van der Waals surface area contributed by atoms with Gasteiger partial charge in [0.1, 0.15) is 11.8 Å². The van der Waals surface area contributed by atoms with Gasteiger partial charge in [-0.2, -0.15) is 0 Å². The molecule has 8 nitrogen and oxygen atoms in total. The Kier molecular flexibility index (Phi) is 6.37. The van der Waals surface area contributed by atoms with Gasteiger partial charge >= 0.3 is 5.97 Å². The number of nitro benzene ring substituents is 1. The maximum atomic E-state index is 12.1. The molecule has 0 aliphatic rings. The topological polar surface area (TPSA) is 116 Å². The molecule has 0 spiro atoms. The van der Waals surface area contributed by atoms with Crippen LogP contribution < -0.4 is 5.32 Å². The normalized spacial score (nSPS) is 12.8. The van der Waals surface area contributed by atoms with E-state index in [1.807, 2.05) is 0 Å². The van der Waals surface area contributed by atoms with Crippen molar-refractivity contribution in [3.05, 3.63) is 39.9 Å². The summed E-state index contributed by atoms with van der Waals surface area (Å²) in [6.07, 6.45) is 0. The van der Waals surface area contributed by atoms with Gasteiger partial charge in [-0.3, -0.25) is 19.7 Å². The number of Topliss-reactive ketones (excluding diaryl/α,β-unsaturated/α-hetero) is 1. The minimum atomic E-state index is -1.24. The summed E-state index contributed by atoms with van der Waals surface area (Å²) >= 11 is 0. The SMILES string of the molecule is CCOC(=O)[C@H](NC(C)=O)[C@@H](C(C)=O)c1cccc([N+](=O)[O-])c1. The smallest absolute Gasteiger partial charge is 0.329 e. The fourth-order valence-corrected chi connectivity index (χ4v) is 2.22. The second kappa shape index (κ2) is 8.02. The molecular weight excluding hydrogens is 304 g/mol. The van der Waals surface area contributed by atoms with E-state index in [0.717, 1.165) is 0 Å². The van der Waals surface area contributed by atoms with Crippen LogP contribution in [0.2, 0.25) is 0 Å². The first kappa shape index (κ1) is 18.3. The number of carbonyl (C=O) groups is 3. The summed E-state index contributed by atoms with van der Waals surface area (Å²) in [5.41, 5.74) is 0.0534. The Hall–Kier alpha value is -2.77. The molecule has 0 bridgehead atoms. The lowest BCUT2D eigenvalue weighted by atomic mass is 9.87. The Bertz CT molecular complexity index is 628. The molecule has 1 aromatic carbocycles. The zero-order valence-electron chi connectivity index (χ0n) is 13.1. The second-order valence-corrected chi connectivity index (χ2v) is 4.87. The van der Waals surface area contributed by atoms with E-state index in [1.54, 1.807) is 6.92 Å². The largest absolute Gasteiger partial charge is 0.464 e. The molecule has 0 saturated carbocycles. The Balaban J connectivity index is 3.32. The van der Waals surface area contributed by atoms with Crippen LogP contribution >= 0.6 is 0 Å². The molecule has 1 rings (SSSR count). The average molecular weight is 322 g/mol. The third kappa shape index (κ3) is 4.87.